The highest BCUT2D eigenvalue weighted by molar-refractivity contribution is 5.68. The lowest BCUT2D eigenvalue weighted by atomic mass is 9.93. The Morgan fingerprint density at radius 1 is 1.31 bits per heavy atom. The van der Waals surface area contributed by atoms with Crippen molar-refractivity contribution in [2.24, 2.45) is 5.92 Å². The molecule has 2 saturated carbocycles. The van der Waals surface area contributed by atoms with Crippen LogP contribution in [-0.2, 0) is 14.2 Å². The Balaban J connectivity index is 1.40. The average molecular weight is 408 g/mol. The van der Waals surface area contributed by atoms with Crippen molar-refractivity contribution in [2.45, 2.75) is 83.3 Å². The molecule has 1 aromatic heterocycles. The Morgan fingerprint density at radius 2 is 2.03 bits per heavy atom. The molecule has 2 atom stereocenters. The van der Waals surface area contributed by atoms with Crippen molar-refractivity contribution in [2.75, 3.05) is 19.8 Å². The van der Waals surface area contributed by atoms with Gasteiger partial charge < -0.3 is 24.3 Å². The molecule has 1 amide bonds. The normalized spacial score (nSPS) is 26.5. The molecule has 3 aliphatic rings. The number of alkyl carbamates (subject to hydrolysis) is 1. The second-order valence-electron chi connectivity index (χ2n) is 9.48. The molecular weight excluding hydrogens is 374 g/mol. The summed E-state index contributed by atoms with van der Waals surface area (Å²) in [5, 5.41) is 7.62. The van der Waals surface area contributed by atoms with E-state index in [1.807, 2.05) is 38.6 Å². The standard InChI is InChI=1S/C21H33N3O5/c1-14-18(12-24(23-14)16-6-5-7-16)26-13-15-10-21(27-8-9-28-21)11-17(15)22-19(25)29-20(2,3)4/h12,15-17H,5-11,13H2,1-4H3,(H,22,25). The molecule has 3 fully saturated rings. The summed E-state index contributed by atoms with van der Waals surface area (Å²) >= 11 is 0. The highest BCUT2D eigenvalue weighted by Crippen LogP contribution is 2.41. The van der Waals surface area contributed by atoms with Crippen LogP contribution in [0.1, 0.15) is 64.6 Å². The summed E-state index contributed by atoms with van der Waals surface area (Å²) in [6.07, 6.45) is 6.50. The number of aryl methyl sites for hydroxylation is 1. The lowest BCUT2D eigenvalue weighted by Gasteiger charge is -2.25. The third kappa shape index (κ3) is 4.69. The minimum atomic E-state index is -0.626. The van der Waals surface area contributed by atoms with Gasteiger partial charge in [0.15, 0.2) is 11.5 Å². The van der Waals surface area contributed by atoms with Crippen LogP contribution in [0.5, 0.6) is 5.75 Å². The maximum absolute atomic E-state index is 12.3. The van der Waals surface area contributed by atoms with Crippen molar-refractivity contribution >= 4 is 6.09 Å². The Bertz CT molecular complexity index is 731. The van der Waals surface area contributed by atoms with Crippen molar-refractivity contribution in [3.63, 3.8) is 0 Å². The van der Waals surface area contributed by atoms with Gasteiger partial charge in [0, 0.05) is 24.8 Å². The number of carbonyl (C=O) groups excluding carboxylic acids is 1. The van der Waals surface area contributed by atoms with E-state index in [1.165, 1.54) is 19.3 Å². The fraction of sp³-hybridized carbons (Fsp3) is 0.810. The van der Waals surface area contributed by atoms with Gasteiger partial charge in [0.25, 0.3) is 0 Å². The van der Waals surface area contributed by atoms with Gasteiger partial charge in [0.05, 0.1) is 32.1 Å². The molecule has 1 aromatic rings. The minimum Gasteiger partial charge on any atom is -0.490 e. The lowest BCUT2D eigenvalue weighted by molar-refractivity contribution is -0.153. The smallest absolute Gasteiger partial charge is 0.407 e. The van der Waals surface area contributed by atoms with Gasteiger partial charge in [-0.15, -0.1) is 0 Å². The molecule has 162 valence electrons. The van der Waals surface area contributed by atoms with Crippen molar-refractivity contribution in [1.29, 1.82) is 0 Å². The van der Waals surface area contributed by atoms with Crippen molar-refractivity contribution in [1.82, 2.24) is 15.1 Å². The van der Waals surface area contributed by atoms with Gasteiger partial charge in [-0.25, -0.2) is 4.79 Å². The first-order valence-electron chi connectivity index (χ1n) is 10.7. The van der Waals surface area contributed by atoms with E-state index < -0.39 is 17.5 Å². The molecule has 8 heteroatoms. The Morgan fingerprint density at radius 3 is 2.66 bits per heavy atom. The zero-order valence-corrected chi connectivity index (χ0v) is 17.9. The SMILES string of the molecule is Cc1nn(C2CCC2)cc1OCC1CC2(CC1NC(=O)OC(C)(C)C)OCCO2. The maximum atomic E-state index is 12.3. The minimum absolute atomic E-state index is 0.0621. The van der Waals surface area contributed by atoms with Crippen LogP contribution in [0.15, 0.2) is 6.20 Å². The van der Waals surface area contributed by atoms with Crippen LogP contribution in [0.2, 0.25) is 0 Å². The summed E-state index contributed by atoms with van der Waals surface area (Å²) in [6, 6.07) is 0.368. The zero-order chi connectivity index (χ0) is 20.6. The van der Waals surface area contributed by atoms with Crippen LogP contribution < -0.4 is 10.1 Å². The predicted octanol–water partition coefficient (Wildman–Crippen LogP) is 3.34. The van der Waals surface area contributed by atoms with Gasteiger partial charge in [-0.3, -0.25) is 4.68 Å². The van der Waals surface area contributed by atoms with E-state index in [4.69, 9.17) is 18.9 Å². The van der Waals surface area contributed by atoms with E-state index >= 15 is 0 Å². The van der Waals surface area contributed by atoms with Crippen LogP contribution >= 0.6 is 0 Å². The molecule has 0 radical (unpaired) electrons. The van der Waals surface area contributed by atoms with Gasteiger partial charge in [0.2, 0.25) is 0 Å². The van der Waals surface area contributed by atoms with Gasteiger partial charge in [-0.2, -0.15) is 5.10 Å². The number of ether oxygens (including phenoxy) is 4. The first kappa shape index (κ1) is 20.5. The molecule has 1 N–H and O–H groups in total. The summed E-state index contributed by atoms with van der Waals surface area (Å²) in [5.41, 5.74) is 0.356. The Hall–Kier alpha value is -1.80. The topological polar surface area (TPSA) is 83.8 Å². The maximum Gasteiger partial charge on any atom is 0.407 e. The van der Waals surface area contributed by atoms with E-state index in [0.717, 1.165) is 11.4 Å². The highest BCUT2D eigenvalue weighted by atomic mass is 16.7. The number of hydrogen-bond acceptors (Lipinski definition) is 6. The molecule has 2 unspecified atom stereocenters. The zero-order valence-electron chi connectivity index (χ0n) is 17.9. The molecule has 8 nitrogen and oxygen atoms in total. The summed E-state index contributed by atoms with van der Waals surface area (Å²) in [5.74, 6) is 0.243. The third-order valence-electron chi connectivity index (χ3n) is 5.96. The van der Waals surface area contributed by atoms with Crippen molar-refractivity contribution in [3.8, 4) is 5.75 Å². The van der Waals surface area contributed by atoms with Crippen LogP contribution in [0, 0.1) is 12.8 Å². The molecule has 4 rings (SSSR count). The van der Waals surface area contributed by atoms with Crippen molar-refractivity contribution in [3.05, 3.63) is 11.9 Å². The first-order chi connectivity index (χ1) is 13.7. The largest absolute Gasteiger partial charge is 0.490 e. The average Bonchev–Trinajstić information content (AvgIpc) is 3.23. The van der Waals surface area contributed by atoms with E-state index in [-0.39, 0.29) is 12.0 Å². The summed E-state index contributed by atoms with van der Waals surface area (Å²) < 4.78 is 25.4. The summed E-state index contributed by atoms with van der Waals surface area (Å²) in [7, 11) is 0. The molecule has 1 aliphatic heterocycles. The monoisotopic (exact) mass is 407 g/mol. The number of hydrogen-bond donors (Lipinski definition) is 1. The lowest BCUT2D eigenvalue weighted by Crippen LogP contribution is -2.42. The van der Waals surface area contributed by atoms with Crippen LogP contribution in [0.3, 0.4) is 0 Å². The predicted molar refractivity (Wildman–Crippen MR) is 106 cm³/mol. The number of nitrogens with one attached hydrogen (secondary N) is 1. The van der Waals surface area contributed by atoms with E-state index in [0.29, 0.717) is 38.7 Å². The number of amides is 1. The fourth-order valence-corrected chi connectivity index (χ4v) is 4.30. The molecular formula is C21H33N3O5. The molecule has 0 aromatic carbocycles. The highest BCUT2D eigenvalue weighted by Gasteiger charge is 2.50. The van der Waals surface area contributed by atoms with Crippen LogP contribution in [-0.4, -0.2) is 53.1 Å². The second-order valence-corrected chi connectivity index (χ2v) is 9.48. The quantitative estimate of drug-likeness (QED) is 0.806. The van der Waals surface area contributed by atoms with E-state index in [9.17, 15) is 4.79 Å². The molecule has 2 heterocycles. The number of aromatic nitrogens is 2. The van der Waals surface area contributed by atoms with Gasteiger partial charge in [0.1, 0.15) is 11.3 Å². The number of rotatable bonds is 5. The fourth-order valence-electron chi connectivity index (χ4n) is 4.30. The van der Waals surface area contributed by atoms with Crippen molar-refractivity contribution < 1.29 is 23.7 Å². The number of nitrogens with zero attached hydrogens (tertiary/aromatic N) is 2. The first-order valence-corrected chi connectivity index (χ1v) is 10.7. The summed E-state index contributed by atoms with van der Waals surface area (Å²) in [4.78, 5) is 12.3. The van der Waals surface area contributed by atoms with Gasteiger partial charge in [-0.05, 0) is 47.0 Å². The molecule has 1 spiro atoms. The van der Waals surface area contributed by atoms with Gasteiger partial charge >= 0.3 is 6.09 Å². The third-order valence-corrected chi connectivity index (χ3v) is 5.96. The van der Waals surface area contributed by atoms with Gasteiger partial charge in [-0.1, -0.05) is 0 Å². The molecule has 29 heavy (non-hydrogen) atoms. The van der Waals surface area contributed by atoms with E-state index in [1.54, 1.807) is 0 Å². The van der Waals surface area contributed by atoms with Crippen LogP contribution in [0.25, 0.3) is 0 Å². The Kier molecular flexibility index (Phi) is 5.50. The molecule has 0 bridgehead atoms. The summed E-state index contributed by atoms with van der Waals surface area (Å²) in [6.45, 7) is 9.17. The Labute approximate surface area is 172 Å². The molecule has 2 aliphatic carbocycles. The molecule has 1 saturated heterocycles. The second kappa shape index (κ2) is 7.80. The number of carbonyl (C=O) groups is 1. The van der Waals surface area contributed by atoms with E-state index in [2.05, 4.69) is 10.4 Å². The van der Waals surface area contributed by atoms with Crippen LogP contribution in [0.4, 0.5) is 4.79 Å².